The molecule has 1 aliphatic carbocycles. The predicted octanol–water partition coefficient (Wildman–Crippen LogP) is 0.615. The van der Waals surface area contributed by atoms with Crippen LogP contribution < -0.4 is 10.6 Å². The minimum Gasteiger partial charge on any atom is -0.391 e. The number of amides is 2. The van der Waals surface area contributed by atoms with Gasteiger partial charge in [0.2, 0.25) is 0 Å². The molecule has 0 aromatic heterocycles. The molecule has 1 saturated carbocycles. The number of aliphatic hydroxyl groups excluding tert-OH is 1. The molecule has 2 aliphatic rings. The summed E-state index contributed by atoms with van der Waals surface area (Å²) in [5.41, 5.74) is 0. The van der Waals surface area contributed by atoms with Gasteiger partial charge in [0, 0.05) is 19.1 Å². The standard InChI is InChI=1S/C16H32N4O2/c1-19(2)13-7-10-20(11-8-13)12-9-17-16(22)18-14-5-3-4-6-15(14)21/h13-15,21H,3-12H2,1-2H3,(H2,17,18,22). The van der Waals surface area contributed by atoms with Crippen molar-refractivity contribution in [1.82, 2.24) is 20.4 Å². The lowest BCUT2D eigenvalue weighted by atomic mass is 9.93. The van der Waals surface area contributed by atoms with Gasteiger partial charge in [-0.2, -0.15) is 0 Å². The minimum atomic E-state index is -0.385. The second-order valence-electron chi connectivity index (χ2n) is 6.89. The first-order valence-electron chi connectivity index (χ1n) is 8.67. The fourth-order valence-electron chi connectivity index (χ4n) is 3.49. The van der Waals surface area contributed by atoms with Gasteiger partial charge < -0.3 is 25.5 Å². The van der Waals surface area contributed by atoms with E-state index in [4.69, 9.17) is 0 Å². The van der Waals surface area contributed by atoms with E-state index in [1.165, 1.54) is 12.8 Å². The molecule has 1 aliphatic heterocycles. The summed E-state index contributed by atoms with van der Waals surface area (Å²) >= 11 is 0. The lowest BCUT2D eigenvalue weighted by Gasteiger charge is -2.35. The number of urea groups is 1. The van der Waals surface area contributed by atoms with Crippen LogP contribution >= 0.6 is 0 Å². The molecule has 2 rings (SSSR count). The zero-order valence-electron chi connectivity index (χ0n) is 14.1. The number of piperidine rings is 1. The van der Waals surface area contributed by atoms with E-state index in [0.717, 1.165) is 45.3 Å². The minimum absolute atomic E-state index is 0.0791. The largest absolute Gasteiger partial charge is 0.391 e. The number of hydrogen-bond acceptors (Lipinski definition) is 4. The third kappa shape index (κ3) is 5.41. The summed E-state index contributed by atoms with van der Waals surface area (Å²) in [6.07, 6.45) is 5.84. The van der Waals surface area contributed by atoms with Crippen molar-refractivity contribution < 1.29 is 9.90 Å². The second-order valence-corrected chi connectivity index (χ2v) is 6.89. The Morgan fingerprint density at radius 2 is 1.86 bits per heavy atom. The summed E-state index contributed by atoms with van der Waals surface area (Å²) < 4.78 is 0. The fourth-order valence-corrected chi connectivity index (χ4v) is 3.49. The predicted molar refractivity (Wildman–Crippen MR) is 87.9 cm³/mol. The maximum Gasteiger partial charge on any atom is 0.315 e. The van der Waals surface area contributed by atoms with Crippen molar-refractivity contribution in [3.05, 3.63) is 0 Å². The number of aliphatic hydroxyl groups is 1. The van der Waals surface area contributed by atoms with Crippen LogP contribution in [0.3, 0.4) is 0 Å². The van der Waals surface area contributed by atoms with Crippen LogP contribution in [-0.2, 0) is 0 Å². The quantitative estimate of drug-likeness (QED) is 0.696. The molecule has 2 fully saturated rings. The number of carbonyl (C=O) groups is 1. The summed E-state index contributed by atoms with van der Waals surface area (Å²) in [7, 11) is 4.29. The van der Waals surface area contributed by atoms with Gasteiger partial charge in [0.05, 0.1) is 12.1 Å². The number of carbonyl (C=O) groups excluding carboxylic acids is 1. The normalized spacial score (nSPS) is 27.8. The number of nitrogens with zero attached hydrogens (tertiary/aromatic N) is 2. The highest BCUT2D eigenvalue weighted by Crippen LogP contribution is 2.18. The SMILES string of the molecule is CN(C)C1CCN(CCNC(=O)NC2CCCCC2O)CC1. The van der Waals surface area contributed by atoms with E-state index in [1.807, 2.05) is 0 Å². The number of hydrogen-bond donors (Lipinski definition) is 3. The molecule has 0 aromatic carbocycles. The molecule has 2 atom stereocenters. The Labute approximate surface area is 134 Å². The van der Waals surface area contributed by atoms with Crippen molar-refractivity contribution in [2.45, 2.75) is 56.7 Å². The van der Waals surface area contributed by atoms with E-state index in [9.17, 15) is 9.90 Å². The molecule has 0 radical (unpaired) electrons. The second kappa shape index (κ2) is 8.70. The molecular weight excluding hydrogens is 280 g/mol. The van der Waals surface area contributed by atoms with Crippen LogP contribution in [0.15, 0.2) is 0 Å². The fraction of sp³-hybridized carbons (Fsp3) is 0.938. The maximum absolute atomic E-state index is 11.9. The van der Waals surface area contributed by atoms with Gasteiger partial charge in [-0.15, -0.1) is 0 Å². The summed E-state index contributed by atoms with van der Waals surface area (Å²) in [5, 5.41) is 15.7. The van der Waals surface area contributed by atoms with Crippen molar-refractivity contribution in [1.29, 1.82) is 0 Å². The van der Waals surface area contributed by atoms with Crippen molar-refractivity contribution in [3.8, 4) is 0 Å². The number of nitrogens with one attached hydrogen (secondary N) is 2. The van der Waals surface area contributed by atoms with Crippen molar-refractivity contribution in [2.75, 3.05) is 40.3 Å². The van der Waals surface area contributed by atoms with Crippen LogP contribution in [0.4, 0.5) is 4.79 Å². The summed E-state index contributed by atoms with van der Waals surface area (Å²) in [6.45, 7) is 3.78. The van der Waals surface area contributed by atoms with Gasteiger partial charge in [-0.3, -0.25) is 0 Å². The molecule has 6 heteroatoms. The molecule has 1 heterocycles. The smallest absolute Gasteiger partial charge is 0.315 e. The Kier molecular flexibility index (Phi) is 6.92. The Bertz CT molecular complexity index is 343. The van der Waals surface area contributed by atoms with Crippen LogP contribution in [0.5, 0.6) is 0 Å². The van der Waals surface area contributed by atoms with Crippen LogP contribution in [0.25, 0.3) is 0 Å². The Balaban J connectivity index is 1.57. The third-order valence-electron chi connectivity index (χ3n) is 5.05. The summed E-state index contributed by atoms with van der Waals surface area (Å²) in [6, 6.07) is 0.471. The third-order valence-corrected chi connectivity index (χ3v) is 5.05. The molecule has 22 heavy (non-hydrogen) atoms. The van der Waals surface area contributed by atoms with Gasteiger partial charge in [-0.05, 0) is 52.9 Å². The topological polar surface area (TPSA) is 67.8 Å². The van der Waals surface area contributed by atoms with Crippen LogP contribution in [0, 0.1) is 0 Å². The van der Waals surface area contributed by atoms with E-state index >= 15 is 0 Å². The lowest BCUT2D eigenvalue weighted by molar-refractivity contribution is 0.0941. The Morgan fingerprint density at radius 1 is 1.18 bits per heavy atom. The van der Waals surface area contributed by atoms with Gasteiger partial charge >= 0.3 is 6.03 Å². The van der Waals surface area contributed by atoms with Crippen molar-refractivity contribution in [2.24, 2.45) is 0 Å². The van der Waals surface area contributed by atoms with Gasteiger partial charge in [0.15, 0.2) is 0 Å². The van der Waals surface area contributed by atoms with E-state index in [-0.39, 0.29) is 18.2 Å². The Morgan fingerprint density at radius 3 is 2.50 bits per heavy atom. The van der Waals surface area contributed by atoms with Gasteiger partial charge in [0.25, 0.3) is 0 Å². The molecular formula is C16H32N4O2. The van der Waals surface area contributed by atoms with Gasteiger partial charge in [0.1, 0.15) is 0 Å². The summed E-state index contributed by atoms with van der Waals surface area (Å²) in [5.74, 6) is 0. The van der Waals surface area contributed by atoms with E-state index in [0.29, 0.717) is 12.6 Å². The first-order valence-corrected chi connectivity index (χ1v) is 8.67. The number of rotatable bonds is 5. The molecule has 2 amide bonds. The number of likely N-dealkylation sites (tertiary alicyclic amines) is 1. The highest BCUT2D eigenvalue weighted by atomic mass is 16.3. The molecule has 3 N–H and O–H groups in total. The molecule has 6 nitrogen and oxygen atoms in total. The zero-order valence-corrected chi connectivity index (χ0v) is 14.1. The van der Waals surface area contributed by atoms with Crippen LogP contribution in [-0.4, -0.2) is 79.4 Å². The first kappa shape index (κ1) is 17.5. The maximum atomic E-state index is 11.9. The van der Waals surface area contributed by atoms with Crippen molar-refractivity contribution in [3.63, 3.8) is 0 Å². The molecule has 2 unspecified atom stereocenters. The van der Waals surface area contributed by atoms with Gasteiger partial charge in [-0.25, -0.2) is 4.79 Å². The monoisotopic (exact) mass is 312 g/mol. The first-order chi connectivity index (χ1) is 10.6. The van der Waals surface area contributed by atoms with E-state index in [1.54, 1.807) is 0 Å². The lowest BCUT2D eigenvalue weighted by Crippen LogP contribution is -2.50. The molecule has 128 valence electrons. The van der Waals surface area contributed by atoms with Crippen LogP contribution in [0.1, 0.15) is 38.5 Å². The molecule has 0 bridgehead atoms. The van der Waals surface area contributed by atoms with E-state index < -0.39 is 0 Å². The average molecular weight is 312 g/mol. The van der Waals surface area contributed by atoms with E-state index in [2.05, 4.69) is 34.5 Å². The highest BCUT2D eigenvalue weighted by molar-refractivity contribution is 5.74. The van der Waals surface area contributed by atoms with Crippen LogP contribution in [0.2, 0.25) is 0 Å². The average Bonchev–Trinajstić information content (AvgIpc) is 2.50. The van der Waals surface area contributed by atoms with Gasteiger partial charge in [-0.1, -0.05) is 12.8 Å². The zero-order chi connectivity index (χ0) is 15.9. The molecule has 0 spiro atoms. The molecule has 0 aromatic rings. The Hall–Kier alpha value is -0.850. The highest BCUT2D eigenvalue weighted by Gasteiger charge is 2.24. The van der Waals surface area contributed by atoms with Crippen molar-refractivity contribution >= 4 is 6.03 Å². The molecule has 1 saturated heterocycles. The summed E-state index contributed by atoms with van der Waals surface area (Å²) in [4.78, 5) is 16.6.